The van der Waals surface area contributed by atoms with Gasteiger partial charge in [0.05, 0.1) is 19.2 Å². The third kappa shape index (κ3) is 4.18. The molecule has 1 amide bonds. The summed E-state index contributed by atoms with van der Waals surface area (Å²) >= 11 is 0. The summed E-state index contributed by atoms with van der Waals surface area (Å²) in [5.74, 6) is -0.0479. The monoisotopic (exact) mass is 350 g/mol. The van der Waals surface area contributed by atoms with Gasteiger partial charge >= 0.3 is 0 Å². The summed E-state index contributed by atoms with van der Waals surface area (Å²) in [4.78, 5) is 14.1. The average Bonchev–Trinajstić information content (AvgIpc) is 2.96. The number of likely N-dealkylation sites (tertiary alicyclic amines) is 1. The number of hydrogen-bond donors (Lipinski definition) is 1. The lowest BCUT2D eigenvalue weighted by atomic mass is 10.0. The number of halogens is 2. The van der Waals surface area contributed by atoms with Gasteiger partial charge in [0, 0.05) is 30.1 Å². The smallest absolute Gasteiger partial charge is 0.251 e. The highest BCUT2D eigenvalue weighted by molar-refractivity contribution is 5.89. The lowest BCUT2D eigenvalue weighted by molar-refractivity contribution is -0.121. The molecule has 1 aliphatic heterocycles. The Labute approximate surface area is 146 Å². The minimum atomic E-state index is -2.30. The molecular formula is C19H24F2N2O2. The van der Waals surface area contributed by atoms with Gasteiger partial charge in [0.25, 0.3) is 6.43 Å². The van der Waals surface area contributed by atoms with Crippen molar-refractivity contribution in [2.24, 2.45) is 0 Å². The maximum atomic E-state index is 12.4. The van der Waals surface area contributed by atoms with Gasteiger partial charge in [0.15, 0.2) is 0 Å². The van der Waals surface area contributed by atoms with Gasteiger partial charge < -0.3 is 9.73 Å². The molecule has 1 N–H and O–H groups in total. The Morgan fingerprint density at radius 3 is 2.72 bits per heavy atom. The van der Waals surface area contributed by atoms with Crippen LogP contribution < -0.4 is 5.32 Å². The summed E-state index contributed by atoms with van der Waals surface area (Å²) in [7, 11) is 0. The van der Waals surface area contributed by atoms with Gasteiger partial charge in [-0.2, -0.15) is 0 Å². The molecule has 0 spiro atoms. The molecule has 6 heteroatoms. The summed E-state index contributed by atoms with van der Waals surface area (Å²) in [5, 5.41) is 4.00. The molecule has 1 aromatic heterocycles. The number of piperidine rings is 1. The molecule has 3 rings (SSSR count). The first-order valence-corrected chi connectivity index (χ1v) is 8.70. The normalized spacial score (nSPS) is 16.7. The number of benzene rings is 1. The van der Waals surface area contributed by atoms with Gasteiger partial charge in [0.2, 0.25) is 5.91 Å². The van der Waals surface area contributed by atoms with Crippen LogP contribution in [-0.2, 0) is 11.2 Å². The zero-order chi connectivity index (χ0) is 18.0. The van der Waals surface area contributed by atoms with E-state index in [0.717, 1.165) is 27.7 Å². The molecule has 1 aromatic carbocycles. The van der Waals surface area contributed by atoms with Crippen LogP contribution in [0, 0.1) is 13.8 Å². The zero-order valence-electron chi connectivity index (χ0n) is 14.6. The minimum absolute atomic E-state index is 0.0479. The van der Waals surface area contributed by atoms with Gasteiger partial charge in [-0.3, -0.25) is 9.69 Å². The molecule has 2 aromatic rings. The van der Waals surface area contributed by atoms with Crippen LogP contribution in [0.15, 0.2) is 22.8 Å². The molecule has 136 valence electrons. The van der Waals surface area contributed by atoms with E-state index in [2.05, 4.69) is 5.32 Å². The van der Waals surface area contributed by atoms with E-state index < -0.39 is 6.43 Å². The molecular weight excluding hydrogens is 326 g/mol. The van der Waals surface area contributed by atoms with E-state index in [0.29, 0.717) is 25.9 Å². The van der Waals surface area contributed by atoms with Crippen LogP contribution >= 0.6 is 0 Å². The van der Waals surface area contributed by atoms with Gasteiger partial charge in [-0.05, 0) is 37.8 Å². The molecule has 2 heterocycles. The van der Waals surface area contributed by atoms with Crippen LogP contribution in [-0.4, -0.2) is 42.9 Å². The van der Waals surface area contributed by atoms with Crippen LogP contribution in [0.3, 0.4) is 0 Å². The number of aryl methyl sites for hydroxylation is 2. The van der Waals surface area contributed by atoms with Crippen molar-refractivity contribution in [1.82, 2.24) is 10.2 Å². The van der Waals surface area contributed by atoms with E-state index >= 15 is 0 Å². The summed E-state index contributed by atoms with van der Waals surface area (Å²) < 4.78 is 30.4. The Kier molecular flexibility index (Phi) is 5.37. The SMILES string of the molecule is Cc1ccc2c(CC(=O)NC3CCN(CC(F)F)CC3)coc2c1C. The molecule has 4 nitrogen and oxygen atoms in total. The predicted molar refractivity (Wildman–Crippen MR) is 93.0 cm³/mol. The Bertz CT molecular complexity index is 749. The Morgan fingerprint density at radius 1 is 1.32 bits per heavy atom. The second-order valence-electron chi connectivity index (χ2n) is 6.86. The van der Waals surface area contributed by atoms with E-state index in [9.17, 15) is 13.6 Å². The lowest BCUT2D eigenvalue weighted by Gasteiger charge is -2.32. The third-order valence-electron chi connectivity index (χ3n) is 5.04. The third-order valence-corrected chi connectivity index (χ3v) is 5.04. The van der Waals surface area contributed by atoms with E-state index in [1.807, 2.05) is 26.0 Å². The number of furan rings is 1. The van der Waals surface area contributed by atoms with E-state index in [1.54, 1.807) is 11.2 Å². The molecule has 0 bridgehead atoms. The number of carbonyl (C=O) groups is 1. The van der Waals surface area contributed by atoms with Crippen molar-refractivity contribution in [2.45, 2.75) is 45.6 Å². The van der Waals surface area contributed by atoms with Crippen LogP contribution in [0.1, 0.15) is 29.5 Å². The second kappa shape index (κ2) is 7.52. The first-order chi connectivity index (χ1) is 11.9. The van der Waals surface area contributed by atoms with E-state index in [-0.39, 0.29) is 24.9 Å². The van der Waals surface area contributed by atoms with Gasteiger partial charge in [-0.15, -0.1) is 0 Å². The number of hydrogen-bond acceptors (Lipinski definition) is 3. The van der Waals surface area contributed by atoms with Gasteiger partial charge in [0.1, 0.15) is 5.58 Å². The van der Waals surface area contributed by atoms with E-state index in [4.69, 9.17) is 4.42 Å². The molecule has 0 aliphatic carbocycles. The standard InChI is InChI=1S/C19H24F2N2O2/c1-12-3-4-16-14(11-25-19(16)13(12)2)9-18(24)22-15-5-7-23(8-6-15)10-17(20)21/h3-4,11,15,17H,5-10H2,1-2H3,(H,22,24). The summed E-state index contributed by atoms with van der Waals surface area (Å²) in [6.07, 6.45) is 1.05. The highest BCUT2D eigenvalue weighted by atomic mass is 19.3. The van der Waals surface area contributed by atoms with Crippen molar-refractivity contribution in [3.8, 4) is 0 Å². The summed E-state index contributed by atoms with van der Waals surface area (Å²) in [6.45, 7) is 5.06. The molecule has 0 radical (unpaired) electrons. The molecule has 1 aliphatic rings. The number of fused-ring (bicyclic) bond motifs is 1. The Balaban J connectivity index is 1.56. The van der Waals surface area contributed by atoms with Crippen molar-refractivity contribution >= 4 is 16.9 Å². The minimum Gasteiger partial charge on any atom is -0.464 e. The number of nitrogens with zero attached hydrogens (tertiary/aromatic N) is 1. The zero-order valence-corrected chi connectivity index (χ0v) is 14.6. The van der Waals surface area contributed by atoms with Gasteiger partial charge in [-0.25, -0.2) is 8.78 Å². The van der Waals surface area contributed by atoms with Crippen molar-refractivity contribution in [3.05, 3.63) is 35.1 Å². The Hall–Kier alpha value is -1.95. The van der Waals surface area contributed by atoms with E-state index in [1.165, 1.54) is 0 Å². The summed E-state index contributed by atoms with van der Waals surface area (Å²) in [6, 6.07) is 4.09. The molecule has 0 unspecified atom stereocenters. The molecule has 1 saturated heterocycles. The summed E-state index contributed by atoms with van der Waals surface area (Å²) in [5.41, 5.74) is 3.97. The van der Waals surface area contributed by atoms with Gasteiger partial charge in [-0.1, -0.05) is 12.1 Å². The number of carbonyl (C=O) groups excluding carboxylic acids is 1. The largest absolute Gasteiger partial charge is 0.464 e. The predicted octanol–water partition coefficient (Wildman–Crippen LogP) is 3.44. The number of nitrogens with one attached hydrogen (secondary N) is 1. The van der Waals surface area contributed by atoms with Crippen molar-refractivity contribution in [3.63, 3.8) is 0 Å². The molecule has 0 atom stereocenters. The average molecular weight is 350 g/mol. The van der Waals surface area contributed by atoms with Crippen LogP contribution in [0.2, 0.25) is 0 Å². The quantitative estimate of drug-likeness (QED) is 0.898. The fourth-order valence-electron chi connectivity index (χ4n) is 3.43. The maximum absolute atomic E-state index is 12.4. The molecule has 1 fully saturated rings. The maximum Gasteiger partial charge on any atom is 0.251 e. The van der Waals surface area contributed by atoms with Crippen LogP contribution in [0.5, 0.6) is 0 Å². The second-order valence-corrected chi connectivity index (χ2v) is 6.86. The highest BCUT2D eigenvalue weighted by Gasteiger charge is 2.23. The van der Waals surface area contributed by atoms with Crippen molar-refractivity contribution in [1.29, 1.82) is 0 Å². The fourth-order valence-corrected chi connectivity index (χ4v) is 3.43. The molecule has 25 heavy (non-hydrogen) atoms. The van der Waals surface area contributed by atoms with Crippen LogP contribution in [0.4, 0.5) is 8.78 Å². The molecule has 0 saturated carbocycles. The van der Waals surface area contributed by atoms with Crippen LogP contribution in [0.25, 0.3) is 11.0 Å². The highest BCUT2D eigenvalue weighted by Crippen LogP contribution is 2.26. The Morgan fingerprint density at radius 2 is 2.04 bits per heavy atom. The first kappa shape index (κ1) is 17.9. The lowest BCUT2D eigenvalue weighted by Crippen LogP contribution is -2.46. The number of amides is 1. The number of alkyl halides is 2. The first-order valence-electron chi connectivity index (χ1n) is 8.70. The topological polar surface area (TPSA) is 45.5 Å². The van der Waals surface area contributed by atoms with Crippen molar-refractivity contribution < 1.29 is 18.0 Å². The number of rotatable bonds is 5. The van der Waals surface area contributed by atoms with Crippen molar-refractivity contribution in [2.75, 3.05) is 19.6 Å². The fraction of sp³-hybridized carbons (Fsp3) is 0.526.